The van der Waals surface area contributed by atoms with Crippen molar-refractivity contribution in [2.45, 2.75) is 48.3 Å². The van der Waals surface area contributed by atoms with E-state index < -0.39 is 0 Å². The van der Waals surface area contributed by atoms with Crippen LogP contribution >= 0.6 is 39.5 Å². The van der Waals surface area contributed by atoms with E-state index >= 15 is 0 Å². The SMILES string of the molecule is CSC1(SC)CCC(N(C)C(=O)c2ccc(Br)cc2)C(N2CCCC2)C1. The number of amides is 1. The van der Waals surface area contributed by atoms with Crippen molar-refractivity contribution in [1.29, 1.82) is 0 Å². The number of carbonyl (C=O) groups excluding carboxylic acids is 1. The van der Waals surface area contributed by atoms with Crippen molar-refractivity contribution in [3.8, 4) is 0 Å². The molecule has 1 aliphatic heterocycles. The zero-order chi connectivity index (χ0) is 18.7. The van der Waals surface area contributed by atoms with Gasteiger partial charge in [-0.05, 0) is 82.0 Å². The Morgan fingerprint density at radius 3 is 2.38 bits per heavy atom. The van der Waals surface area contributed by atoms with Gasteiger partial charge in [0.05, 0.1) is 4.08 Å². The lowest BCUT2D eigenvalue weighted by Gasteiger charge is -2.49. The lowest BCUT2D eigenvalue weighted by molar-refractivity contribution is 0.0491. The van der Waals surface area contributed by atoms with Crippen LogP contribution in [0.5, 0.6) is 0 Å². The molecule has 1 heterocycles. The van der Waals surface area contributed by atoms with Gasteiger partial charge in [-0.3, -0.25) is 9.69 Å². The molecule has 2 aliphatic rings. The topological polar surface area (TPSA) is 23.6 Å². The largest absolute Gasteiger partial charge is 0.337 e. The van der Waals surface area contributed by atoms with Crippen LogP contribution in [0.15, 0.2) is 28.7 Å². The molecule has 3 nitrogen and oxygen atoms in total. The summed E-state index contributed by atoms with van der Waals surface area (Å²) in [5.41, 5.74) is 0.780. The first kappa shape index (κ1) is 20.6. The van der Waals surface area contributed by atoms with Gasteiger partial charge in [-0.15, -0.1) is 23.5 Å². The Morgan fingerprint density at radius 2 is 1.81 bits per heavy atom. The fourth-order valence-corrected chi connectivity index (χ4v) is 6.67. The summed E-state index contributed by atoms with van der Waals surface area (Å²) in [7, 11) is 2.00. The number of hydrogen-bond acceptors (Lipinski definition) is 4. The van der Waals surface area contributed by atoms with Crippen molar-refractivity contribution in [1.82, 2.24) is 9.80 Å². The average molecular weight is 458 g/mol. The van der Waals surface area contributed by atoms with Crippen LogP contribution in [0.25, 0.3) is 0 Å². The fourth-order valence-electron chi connectivity index (χ4n) is 4.42. The van der Waals surface area contributed by atoms with E-state index in [1.807, 2.05) is 59.7 Å². The van der Waals surface area contributed by atoms with Gasteiger partial charge in [0, 0.05) is 29.2 Å². The number of carbonyl (C=O) groups is 1. The van der Waals surface area contributed by atoms with E-state index in [9.17, 15) is 4.79 Å². The molecule has 0 radical (unpaired) electrons. The Morgan fingerprint density at radius 1 is 1.19 bits per heavy atom. The van der Waals surface area contributed by atoms with Crippen molar-refractivity contribution in [3.63, 3.8) is 0 Å². The average Bonchev–Trinajstić information content (AvgIpc) is 3.21. The molecule has 2 unspecified atom stereocenters. The maximum atomic E-state index is 13.1. The van der Waals surface area contributed by atoms with Gasteiger partial charge >= 0.3 is 0 Å². The number of halogens is 1. The molecular formula is C20H29BrN2OS2. The van der Waals surface area contributed by atoms with E-state index in [4.69, 9.17) is 0 Å². The van der Waals surface area contributed by atoms with Crippen LogP contribution in [0.2, 0.25) is 0 Å². The number of likely N-dealkylation sites (N-methyl/N-ethyl adjacent to an activating group) is 1. The maximum Gasteiger partial charge on any atom is 0.253 e. The monoisotopic (exact) mass is 456 g/mol. The number of thioether (sulfide) groups is 2. The minimum atomic E-state index is 0.146. The van der Waals surface area contributed by atoms with Crippen LogP contribution < -0.4 is 0 Å². The van der Waals surface area contributed by atoms with Gasteiger partial charge in [-0.25, -0.2) is 0 Å². The first-order valence-corrected chi connectivity index (χ1v) is 12.6. The molecule has 0 bridgehead atoms. The van der Waals surface area contributed by atoms with E-state index in [2.05, 4.69) is 33.3 Å². The van der Waals surface area contributed by atoms with Gasteiger partial charge in [0.1, 0.15) is 0 Å². The Labute approximate surface area is 174 Å². The summed E-state index contributed by atoms with van der Waals surface area (Å²) in [6.45, 7) is 2.36. The molecule has 1 saturated heterocycles. The van der Waals surface area contributed by atoms with Crippen molar-refractivity contribution in [2.75, 3.05) is 32.6 Å². The molecule has 1 amide bonds. The summed E-state index contributed by atoms with van der Waals surface area (Å²) in [5.74, 6) is 0.146. The number of rotatable bonds is 5. The number of benzene rings is 1. The lowest BCUT2D eigenvalue weighted by Crippen LogP contribution is -2.56. The molecule has 6 heteroatoms. The molecule has 1 aromatic carbocycles. The van der Waals surface area contributed by atoms with Gasteiger partial charge in [-0.2, -0.15) is 0 Å². The quantitative estimate of drug-likeness (QED) is 0.583. The number of nitrogens with zero attached hydrogens (tertiary/aromatic N) is 2. The summed E-state index contributed by atoms with van der Waals surface area (Å²) in [4.78, 5) is 17.8. The van der Waals surface area contributed by atoms with E-state index in [1.54, 1.807) is 0 Å². The highest BCUT2D eigenvalue weighted by Crippen LogP contribution is 2.48. The summed E-state index contributed by atoms with van der Waals surface area (Å²) in [6, 6.07) is 8.51. The van der Waals surface area contributed by atoms with Gasteiger partial charge in [0.2, 0.25) is 0 Å². The third-order valence-electron chi connectivity index (χ3n) is 6.05. The Bertz CT molecular complexity index is 615. The van der Waals surface area contributed by atoms with Crippen LogP contribution in [0.1, 0.15) is 42.5 Å². The Balaban J connectivity index is 1.81. The number of hydrogen-bond donors (Lipinski definition) is 0. The minimum absolute atomic E-state index is 0.146. The predicted molar refractivity (Wildman–Crippen MR) is 118 cm³/mol. The van der Waals surface area contributed by atoms with E-state index in [0.29, 0.717) is 16.2 Å². The van der Waals surface area contributed by atoms with Crippen LogP contribution in [0, 0.1) is 0 Å². The fraction of sp³-hybridized carbons (Fsp3) is 0.650. The first-order chi connectivity index (χ1) is 12.5. The van der Waals surface area contributed by atoms with Crippen LogP contribution in [0.4, 0.5) is 0 Å². The van der Waals surface area contributed by atoms with E-state index in [1.165, 1.54) is 32.4 Å². The van der Waals surface area contributed by atoms with Crippen molar-refractivity contribution >= 4 is 45.4 Å². The van der Waals surface area contributed by atoms with Gasteiger partial charge < -0.3 is 4.90 Å². The maximum absolute atomic E-state index is 13.1. The third-order valence-corrected chi connectivity index (χ3v) is 9.81. The van der Waals surface area contributed by atoms with Gasteiger partial charge in [0.15, 0.2) is 0 Å². The Kier molecular flexibility index (Phi) is 7.03. The number of likely N-dealkylation sites (tertiary alicyclic amines) is 1. The molecule has 0 aromatic heterocycles. The molecule has 1 saturated carbocycles. The molecule has 2 atom stereocenters. The standard InChI is InChI=1S/C20H29BrN2OS2/c1-22(19(24)15-6-8-16(21)9-7-15)17-10-11-20(25-2,26-3)14-18(17)23-12-4-5-13-23/h6-9,17-18H,4-5,10-14H2,1-3H3. The Hall–Kier alpha value is -0.170. The molecule has 1 aliphatic carbocycles. The van der Waals surface area contributed by atoms with Crippen molar-refractivity contribution in [3.05, 3.63) is 34.3 Å². The second kappa shape index (κ2) is 8.89. The molecule has 0 N–H and O–H groups in total. The second-order valence-electron chi connectivity index (χ2n) is 7.36. The smallest absolute Gasteiger partial charge is 0.253 e. The zero-order valence-electron chi connectivity index (χ0n) is 15.9. The highest BCUT2D eigenvalue weighted by atomic mass is 79.9. The first-order valence-electron chi connectivity index (χ1n) is 9.37. The van der Waals surface area contributed by atoms with Crippen molar-refractivity contribution in [2.24, 2.45) is 0 Å². The normalized spacial score (nSPS) is 26.0. The summed E-state index contributed by atoms with van der Waals surface area (Å²) < 4.78 is 1.31. The highest BCUT2D eigenvalue weighted by Gasteiger charge is 2.45. The van der Waals surface area contributed by atoms with Gasteiger partial charge in [-0.1, -0.05) is 15.9 Å². The highest BCUT2D eigenvalue weighted by molar-refractivity contribution is 9.10. The molecule has 1 aromatic rings. The van der Waals surface area contributed by atoms with Crippen LogP contribution in [-0.2, 0) is 0 Å². The van der Waals surface area contributed by atoms with Crippen molar-refractivity contribution < 1.29 is 4.79 Å². The molecule has 144 valence electrons. The van der Waals surface area contributed by atoms with E-state index in [-0.39, 0.29) is 5.91 Å². The van der Waals surface area contributed by atoms with Gasteiger partial charge in [0.25, 0.3) is 5.91 Å². The molecule has 2 fully saturated rings. The van der Waals surface area contributed by atoms with Crippen LogP contribution in [0.3, 0.4) is 0 Å². The summed E-state index contributed by atoms with van der Waals surface area (Å²) in [5, 5.41) is 0. The molecule has 3 rings (SSSR count). The predicted octanol–water partition coefficient (Wildman–Crippen LogP) is 4.96. The summed E-state index contributed by atoms with van der Waals surface area (Å²) >= 11 is 7.46. The zero-order valence-corrected chi connectivity index (χ0v) is 19.1. The second-order valence-corrected chi connectivity index (χ2v) is 10.9. The molecule has 0 spiro atoms. The van der Waals surface area contributed by atoms with E-state index in [0.717, 1.165) is 22.9 Å². The minimum Gasteiger partial charge on any atom is -0.337 e. The lowest BCUT2D eigenvalue weighted by atomic mass is 9.87. The molecular weight excluding hydrogens is 428 g/mol. The summed E-state index contributed by atoms with van der Waals surface area (Å²) in [6.07, 6.45) is 10.5. The van der Waals surface area contributed by atoms with Crippen LogP contribution in [-0.4, -0.2) is 64.5 Å². The molecule has 26 heavy (non-hydrogen) atoms. The third kappa shape index (κ3) is 4.29.